The maximum Gasteiger partial charge on any atom is 0.225 e. The number of hydrogen-bond donors (Lipinski definition) is 1. The number of rotatable bonds is 4. The highest BCUT2D eigenvalue weighted by Crippen LogP contribution is 2.17. The van der Waals surface area contributed by atoms with Crippen molar-refractivity contribution in [2.24, 2.45) is 13.0 Å². The minimum Gasteiger partial charge on any atom is -0.381 e. The van der Waals surface area contributed by atoms with E-state index in [-0.39, 0.29) is 11.8 Å². The van der Waals surface area contributed by atoms with Gasteiger partial charge in [-0.05, 0) is 24.6 Å². The molecule has 21 heavy (non-hydrogen) atoms. The molecular weight excluding hydrogens is 268 g/mol. The number of ether oxygens (including phenoxy) is 1. The van der Waals surface area contributed by atoms with E-state index in [0.717, 1.165) is 23.4 Å². The van der Waals surface area contributed by atoms with Crippen LogP contribution in [0.3, 0.4) is 0 Å². The zero-order valence-electron chi connectivity index (χ0n) is 12.0. The Morgan fingerprint density at radius 1 is 1.57 bits per heavy atom. The summed E-state index contributed by atoms with van der Waals surface area (Å²) in [4.78, 5) is 16.1. The Morgan fingerprint density at radius 3 is 3.19 bits per heavy atom. The summed E-state index contributed by atoms with van der Waals surface area (Å²) in [5, 5.41) is 7.41. The van der Waals surface area contributed by atoms with Gasteiger partial charge in [0.25, 0.3) is 0 Å². The Labute approximate surface area is 123 Å². The molecule has 0 aliphatic carbocycles. The summed E-state index contributed by atoms with van der Waals surface area (Å²) in [7, 11) is 1.88. The smallest absolute Gasteiger partial charge is 0.225 e. The predicted octanol–water partition coefficient (Wildman–Crippen LogP) is 1.13. The number of nitrogens with zero attached hydrogens (tertiary/aromatic N) is 3. The second-order valence-electron chi connectivity index (χ2n) is 5.16. The van der Waals surface area contributed by atoms with Crippen molar-refractivity contribution >= 4 is 5.91 Å². The van der Waals surface area contributed by atoms with Crippen molar-refractivity contribution in [3.63, 3.8) is 0 Å². The van der Waals surface area contributed by atoms with Gasteiger partial charge in [0.2, 0.25) is 5.91 Å². The average Bonchev–Trinajstić information content (AvgIpc) is 3.16. The van der Waals surface area contributed by atoms with E-state index in [4.69, 9.17) is 4.74 Å². The van der Waals surface area contributed by atoms with Gasteiger partial charge < -0.3 is 10.1 Å². The minimum absolute atomic E-state index is 0.0176. The van der Waals surface area contributed by atoms with Crippen LogP contribution in [0.25, 0.3) is 11.3 Å². The van der Waals surface area contributed by atoms with Gasteiger partial charge in [0.05, 0.1) is 30.5 Å². The van der Waals surface area contributed by atoms with Crippen molar-refractivity contribution in [1.29, 1.82) is 0 Å². The SMILES string of the molecule is Cn1nc(-c2cccnc2)cc1CNC(=O)[C@@H]1CCOC1. The molecule has 2 aromatic rings. The largest absolute Gasteiger partial charge is 0.381 e. The molecular formula is C15H18N4O2. The van der Waals surface area contributed by atoms with Crippen LogP contribution >= 0.6 is 0 Å². The standard InChI is InChI=1S/C15H18N4O2/c1-19-13(9-17-15(20)12-4-6-21-10-12)7-14(18-19)11-3-2-5-16-8-11/h2-3,5,7-8,12H,4,6,9-10H2,1H3,(H,17,20)/t12-/m1/s1. The molecule has 3 rings (SSSR count). The highest BCUT2D eigenvalue weighted by atomic mass is 16.5. The lowest BCUT2D eigenvalue weighted by Crippen LogP contribution is -2.31. The van der Waals surface area contributed by atoms with Crippen LogP contribution in [0.2, 0.25) is 0 Å². The van der Waals surface area contributed by atoms with Crippen LogP contribution in [0.5, 0.6) is 0 Å². The molecule has 1 aliphatic rings. The second-order valence-corrected chi connectivity index (χ2v) is 5.16. The fourth-order valence-corrected chi connectivity index (χ4v) is 2.39. The Bertz CT molecular complexity index is 618. The van der Waals surface area contributed by atoms with Gasteiger partial charge in [0.15, 0.2) is 0 Å². The number of amides is 1. The number of carbonyl (C=O) groups is 1. The molecule has 0 radical (unpaired) electrons. The summed E-state index contributed by atoms with van der Waals surface area (Å²) in [5.41, 5.74) is 2.79. The fraction of sp³-hybridized carbons (Fsp3) is 0.400. The van der Waals surface area contributed by atoms with E-state index in [2.05, 4.69) is 15.4 Å². The molecule has 3 heterocycles. The van der Waals surface area contributed by atoms with Gasteiger partial charge in [-0.1, -0.05) is 0 Å². The van der Waals surface area contributed by atoms with Gasteiger partial charge in [0, 0.05) is 31.6 Å². The first kappa shape index (κ1) is 13.8. The normalized spacial score (nSPS) is 17.9. The molecule has 0 unspecified atom stereocenters. The van der Waals surface area contributed by atoms with E-state index >= 15 is 0 Å². The van der Waals surface area contributed by atoms with Crippen LogP contribution in [0, 0.1) is 5.92 Å². The van der Waals surface area contributed by atoms with Crippen molar-refractivity contribution in [2.75, 3.05) is 13.2 Å². The Balaban J connectivity index is 1.66. The molecule has 1 aliphatic heterocycles. The highest BCUT2D eigenvalue weighted by Gasteiger charge is 2.23. The summed E-state index contributed by atoms with van der Waals surface area (Å²) in [5.74, 6) is 0.0349. The second kappa shape index (κ2) is 6.05. The third kappa shape index (κ3) is 3.11. The number of carbonyl (C=O) groups excluding carboxylic acids is 1. The lowest BCUT2D eigenvalue weighted by Gasteiger charge is -2.09. The third-order valence-corrected chi connectivity index (χ3v) is 3.68. The van der Waals surface area contributed by atoms with E-state index in [0.29, 0.717) is 19.8 Å². The first-order chi connectivity index (χ1) is 10.2. The third-order valence-electron chi connectivity index (χ3n) is 3.68. The van der Waals surface area contributed by atoms with Crippen molar-refractivity contribution in [2.45, 2.75) is 13.0 Å². The van der Waals surface area contributed by atoms with Crippen LogP contribution < -0.4 is 5.32 Å². The van der Waals surface area contributed by atoms with Gasteiger partial charge in [-0.25, -0.2) is 0 Å². The summed E-state index contributed by atoms with van der Waals surface area (Å²) in [6.07, 6.45) is 4.32. The minimum atomic E-state index is -0.0176. The monoisotopic (exact) mass is 286 g/mol. The van der Waals surface area contributed by atoms with Gasteiger partial charge >= 0.3 is 0 Å². The molecule has 110 valence electrons. The fourth-order valence-electron chi connectivity index (χ4n) is 2.39. The number of aromatic nitrogens is 3. The molecule has 6 heteroatoms. The highest BCUT2D eigenvalue weighted by molar-refractivity contribution is 5.79. The van der Waals surface area contributed by atoms with Crippen molar-refractivity contribution < 1.29 is 9.53 Å². The topological polar surface area (TPSA) is 69.0 Å². The first-order valence-corrected chi connectivity index (χ1v) is 7.03. The summed E-state index contributed by atoms with van der Waals surface area (Å²) in [6, 6.07) is 5.82. The van der Waals surface area contributed by atoms with E-state index in [9.17, 15) is 4.79 Å². The zero-order valence-corrected chi connectivity index (χ0v) is 12.0. The Hall–Kier alpha value is -2.21. The van der Waals surface area contributed by atoms with Crippen molar-refractivity contribution in [3.8, 4) is 11.3 Å². The maximum absolute atomic E-state index is 12.0. The maximum atomic E-state index is 12.0. The summed E-state index contributed by atoms with van der Waals surface area (Å²) in [6.45, 7) is 1.67. The summed E-state index contributed by atoms with van der Waals surface area (Å²) < 4.78 is 7.02. The molecule has 1 atom stereocenters. The predicted molar refractivity (Wildman–Crippen MR) is 77.2 cm³/mol. The molecule has 1 amide bonds. The van der Waals surface area contributed by atoms with Gasteiger partial charge in [0.1, 0.15) is 0 Å². The Kier molecular flexibility index (Phi) is 3.96. The van der Waals surface area contributed by atoms with Crippen molar-refractivity contribution in [1.82, 2.24) is 20.1 Å². The van der Waals surface area contributed by atoms with Crippen LogP contribution in [0.15, 0.2) is 30.6 Å². The van der Waals surface area contributed by atoms with Gasteiger partial charge in [-0.15, -0.1) is 0 Å². The summed E-state index contributed by atoms with van der Waals surface area (Å²) >= 11 is 0. The average molecular weight is 286 g/mol. The van der Waals surface area contributed by atoms with E-state index in [1.807, 2.05) is 25.2 Å². The molecule has 0 spiro atoms. The lowest BCUT2D eigenvalue weighted by atomic mass is 10.1. The molecule has 0 aromatic carbocycles. The number of hydrogen-bond acceptors (Lipinski definition) is 4. The molecule has 2 aromatic heterocycles. The molecule has 0 saturated carbocycles. The van der Waals surface area contributed by atoms with E-state index < -0.39 is 0 Å². The molecule has 1 N–H and O–H groups in total. The first-order valence-electron chi connectivity index (χ1n) is 7.03. The number of aryl methyl sites for hydroxylation is 1. The number of nitrogens with one attached hydrogen (secondary N) is 1. The molecule has 1 saturated heterocycles. The lowest BCUT2D eigenvalue weighted by molar-refractivity contribution is -0.125. The van der Waals surface area contributed by atoms with E-state index in [1.54, 1.807) is 17.1 Å². The van der Waals surface area contributed by atoms with Gasteiger partial charge in [-0.2, -0.15) is 5.10 Å². The van der Waals surface area contributed by atoms with E-state index in [1.165, 1.54) is 0 Å². The Morgan fingerprint density at radius 2 is 2.48 bits per heavy atom. The van der Waals surface area contributed by atoms with Crippen LogP contribution in [-0.2, 0) is 23.1 Å². The van der Waals surface area contributed by atoms with Crippen LogP contribution in [0.1, 0.15) is 12.1 Å². The molecule has 1 fully saturated rings. The van der Waals surface area contributed by atoms with Gasteiger partial charge in [-0.3, -0.25) is 14.5 Å². The zero-order chi connectivity index (χ0) is 14.7. The number of pyridine rings is 1. The quantitative estimate of drug-likeness (QED) is 0.915. The molecule has 0 bridgehead atoms. The molecule has 6 nitrogen and oxygen atoms in total. The van der Waals surface area contributed by atoms with Crippen LogP contribution in [-0.4, -0.2) is 33.9 Å². The van der Waals surface area contributed by atoms with Crippen molar-refractivity contribution in [3.05, 3.63) is 36.3 Å². The van der Waals surface area contributed by atoms with Crippen LogP contribution in [0.4, 0.5) is 0 Å².